The van der Waals surface area contributed by atoms with Crippen LogP contribution in [0.5, 0.6) is 0 Å². The molecule has 41 atom stereocenters. The highest BCUT2D eigenvalue weighted by molar-refractivity contribution is 5.84. The van der Waals surface area contributed by atoms with Crippen LogP contribution in [0.3, 0.4) is 0 Å². The molecule has 0 radical (unpaired) electrons. The quantitative estimate of drug-likeness (QED) is 0.0139. The van der Waals surface area contributed by atoms with E-state index in [1.54, 1.807) is 55.5 Å². The van der Waals surface area contributed by atoms with E-state index in [0.717, 1.165) is 22.3 Å². The molecule has 7 heterocycles. The summed E-state index contributed by atoms with van der Waals surface area (Å²) < 4.78 is 105. The number of alkyl carbamates (subject to hydrolysis) is 3. The minimum Gasteiger partial charge on any atom is -0.445 e. The minimum atomic E-state index is -1.84. The number of amides is 3. The van der Waals surface area contributed by atoms with E-state index in [0.29, 0.717) is 37.7 Å². The number of benzene rings is 5. The van der Waals surface area contributed by atoms with Gasteiger partial charge in [0, 0.05) is 70.6 Å². The van der Waals surface area contributed by atoms with Crippen molar-refractivity contribution in [2.45, 2.75) is 338 Å². The number of Topliss-reactive ketones (excluding diaryl/α,β-unsaturated/α-hetero) is 2. The number of fused-ring (bicyclic) bond motifs is 1. The van der Waals surface area contributed by atoms with Crippen LogP contribution in [0, 0.1) is 23.7 Å². The molecule has 9 fully saturated rings. The number of carbonyl (C=O) groups is 5. The molecule has 46 nitrogen and oxygen atoms in total. The predicted molar refractivity (Wildman–Crippen MR) is 517 cm³/mol. The van der Waals surface area contributed by atoms with Crippen molar-refractivity contribution in [3.8, 4) is 0 Å². The number of hydrogen-bond acceptors (Lipinski definition) is 43. The Morgan fingerprint density at radius 1 is 0.446 bits per heavy atom. The van der Waals surface area contributed by atoms with E-state index in [2.05, 4.69) is 21.3 Å². The molecule has 9 aliphatic rings. The van der Waals surface area contributed by atoms with E-state index in [1.165, 1.54) is 0 Å². The Morgan fingerprint density at radius 3 is 1.50 bits per heavy atom. The van der Waals surface area contributed by atoms with E-state index in [9.17, 15) is 95.5 Å². The molecular weight excluding hydrogens is 1940 g/mol. The second-order valence-electron chi connectivity index (χ2n) is 39.3. The van der Waals surface area contributed by atoms with E-state index >= 15 is 0 Å². The minimum absolute atomic E-state index is 0.00987. The predicted octanol–water partition coefficient (Wildman–Crippen LogP) is -2.74. The topological polar surface area (TPSA) is 724 Å². The summed E-state index contributed by atoms with van der Waals surface area (Å²) in [5.41, 5.74) is 33.8. The zero-order chi connectivity index (χ0) is 106. The molecule has 29 N–H and O–H groups in total. The Kier molecular flexibility index (Phi) is 45.2. The summed E-state index contributed by atoms with van der Waals surface area (Å²) in [4.78, 5) is 68.1. The van der Waals surface area contributed by atoms with Gasteiger partial charge in [0.05, 0.1) is 112 Å². The number of aliphatic hydroxyl groups excluding tert-OH is 15. The average Bonchev–Trinajstić information content (AvgIpc) is 1.43. The van der Waals surface area contributed by atoms with Crippen molar-refractivity contribution < 1.29 is 181 Å². The summed E-state index contributed by atoms with van der Waals surface area (Å²) in [6.45, 7) is 1.37. The van der Waals surface area contributed by atoms with Gasteiger partial charge in [-0.15, -0.1) is 0 Å². The van der Waals surface area contributed by atoms with Gasteiger partial charge in [0.2, 0.25) is 0 Å². The molecule has 14 rings (SSSR count). The number of ether oxygens (including phenoxy) is 17. The van der Waals surface area contributed by atoms with E-state index in [-0.39, 0.29) is 104 Å². The molecule has 1 unspecified atom stereocenters. The summed E-state index contributed by atoms with van der Waals surface area (Å²) in [6, 6.07) is 40.4. The molecule has 148 heavy (non-hydrogen) atoms. The Balaban J connectivity index is 0.000000296. The molecule has 5 aromatic carbocycles. The van der Waals surface area contributed by atoms with Gasteiger partial charge in [-0.25, -0.2) is 14.4 Å². The summed E-state index contributed by atoms with van der Waals surface area (Å²) in [5.74, 6) is -4.47. The first-order chi connectivity index (χ1) is 71.3. The van der Waals surface area contributed by atoms with Crippen molar-refractivity contribution in [2.24, 2.45) is 52.3 Å². The maximum Gasteiger partial charge on any atom is 0.407 e. The van der Waals surface area contributed by atoms with Gasteiger partial charge in [0.15, 0.2) is 43.5 Å². The number of aliphatic hydroxyl groups is 15. The van der Waals surface area contributed by atoms with Gasteiger partial charge in [-0.2, -0.15) is 0 Å². The van der Waals surface area contributed by atoms with Gasteiger partial charge in [-0.3, -0.25) is 9.59 Å². The first kappa shape index (κ1) is 117. The standard InChI is InChI=1S/C72H91N3O21.C30H58N6O16/c1-43-34-50(35-52(78)44(2)57(86-39-45-20-8-3-9-21-45)37-73-70(83)87-40-46-22-10-4-11-23-46)60(80)66(63(43)94-67-51(36-53(79)55(91-67)30-18-19-33-76)74-71(84)88-41-47-24-12-5-13-25-47)96-69-62(82)65(58(38-77)93-69)95-68-59(75-72(85)89-42-48-26-14-6-15-27-48)61(81)64-56(92-68)32-31-54(90-64)49-28-16-7-17-29-49;31-6-15(41)21(43)14(40)4-10-3-11(33)25(50-28-12(34)5-13(39)17(48-28)8-36-1-2-37)27(20(10)42)52-30-24(46)26(18(9-38)49-30)51-29-19(35)23(45)22(44)16(7-32)47-29/h3-17,20-29,43-44,50-51,53-69,76-77,79-82H,18-19,30-42H2,1-2H3,(H,73,83)(H,74,84)(H,75,85);10-13,15-30,36-39,41-46H,1-9,31-35H2/t43-,44+,50-,51+,53-,54?,55+,56-,57-,58+,59+,60-,61+,62+,63+,64+,65+,66+,67+,68+,69-;10-,11-,12+,13-,15-,16-,17+,18+,19+,20-,21+,22+,23+,24+,25+,26+,27+,28+,29+,30-/m00/s1. The maximum atomic E-state index is 14.8. The lowest BCUT2D eigenvalue weighted by atomic mass is 9.73. The Labute approximate surface area is 856 Å². The molecule has 46 heteroatoms. The first-order valence-electron chi connectivity index (χ1n) is 50.7. The van der Waals surface area contributed by atoms with Gasteiger partial charge in [0.25, 0.3) is 0 Å². The van der Waals surface area contributed by atoms with Crippen LogP contribution in [0.1, 0.15) is 118 Å². The van der Waals surface area contributed by atoms with Crippen LogP contribution in [-0.4, -0.2) is 386 Å². The SMILES string of the molecule is C[C@H](C(=O)C[C@@H]1C[C@H](C)[C@@H](O[C@H]2O[C@H](CCCCO)[C@@H](O)C[C@H]2NC(=O)OCc2ccccc2)[C@H](O[C@@H]2O[C@H](CO)[C@@H](O[C@H]3O[C@H]4CCC(c5ccccc5)O[C@H]4[C@H](O)[C@H]3NC(=O)OCc3ccccc3)[C@H]2O)[C@H]1O)[C@H](CNC(=O)OCc1ccccc1)OCc1ccccc1.NC[C@@H]1O[C@H](O[C@H]2[C@@H](O)[C@H](O[C@@H]3[C@@H](O)[C@H](CC(=O)[C@@H](O)[C@@H](O)CN)C[C@H](N)[C@H]3O[C@H]3O[C@H](CNCCO)[C@@H](O)C[C@H]3N)O[C@@H]2CO)[C@H](N)[C@@H](O)[C@@H]1O. The average molecular weight is 2090 g/mol. The Morgan fingerprint density at radius 2 is 0.939 bits per heavy atom. The second-order valence-corrected chi connectivity index (χ2v) is 39.3. The molecule has 824 valence electrons. The van der Waals surface area contributed by atoms with Crippen LogP contribution in [0.2, 0.25) is 0 Å². The van der Waals surface area contributed by atoms with Crippen LogP contribution in [0.25, 0.3) is 0 Å². The third-order valence-electron chi connectivity index (χ3n) is 28.7. The number of unbranched alkanes of at least 4 members (excludes halogenated alkanes) is 1. The Bertz CT molecular complexity index is 4780. The largest absolute Gasteiger partial charge is 0.445 e. The number of hydrogen-bond donors (Lipinski definition) is 24. The van der Waals surface area contributed by atoms with Crippen LogP contribution in [0.4, 0.5) is 14.4 Å². The monoisotopic (exact) mass is 2090 g/mol. The van der Waals surface area contributed by atoms with E-state index < -0.39 is 301 Å². The van der Waals surface area contributed by atoms with Crippen LogP contribution >= 0.6 is 0 Å². The first-order valence-corrected chi connectivity index (χ1v) is 50.7. The molecule has 2 saturated carbocycles. The highest BCUT2D eigenvalue weighted by Crippen LogP contribution is 2.45. The van der Waals surface area contributed by atoms with Gasteiger partial charge in [-0.05, 0) is 96.9 Å². The molecule has 2 aliphatic carbocycles. The van der Waals surface area contributed by atoms with Crippen molar-refractivity contribution in [1.82, 2.24) is 21.3 Å². The number of nitrogens with one attached hydrogen (secondary N) is 4. The van der Waals surface area contributed by atoms with E-state index in [1.807, 2.05) is 110 Å². The number of carbonyl (C=O) groups excluding carboxylic acids is 5. The molecular formula is C102H149N9O37. The smallest absolute Gasteiger partial charge is 0.407 e. The summed E-state index contributed by atoms with van der Waals surface area (Å²) in [5, 5.41) is 175. The number of nitrogens with two attached hydrogens (primary N) is 5. The van der Waals surface area contributed by atoms with Gasteiger partial charge in [-0.1, -0.05) is 166 Å². The zero-order valence-corrected chi connectivity index (χ0v) is 82.7. The van der Waals surface area contributed by atoms with Crippen molar-refractivity contribution in [2.75, 3.05) is 59.2 Å². The fourth-order valence-corrected chi connectivity index (χ4v) is 20.2. The Hall–Kier alpha value is -8.15. The van der Waals surface area contributed by atoms with Crippen LogP contribution < -0.4 is 49.9 Å². The fourth-order valence-electron chi connectivity index (χ4n) is 20.2. The highest BCUT2D eigenvalue weighted by Gasteiger charge is 2.59. The van der Waals surface area contributed by atoms with Gasteiger partial charge in [0.1, 0.15) is 123 Å². The summed E-state index contributed by atoms with van der Waals surface area (Å²) >= 11 is 0. The number of rotatable bonds is 46. The lowest BCUT2D eigenvalue weighted by Gasteiger charge is -2.48. The maximum absolute atomic E-state index is 14.8. The van der Waals surface area contributed by atoms with Crippen molar-refractivity contribution >= 4 is 29.8 Å². The van der Waals surface area contributed by atoms with Crippen molar-refractivity contribution in [3.63, 3.8) is 0 Å². The molecule has 0 spiro atoms. The molecule has 0 bridgehead atoms. The van der Waals surface area contributed by atoms with Crippen LogP contribution in [0.15, 0.2) is 152 Å². The highest BCUT2D eigenvalue weighted by atomic mass is 16.8. The van der Waals surface area contributed by atoms with Gasteiger partial charge >= 0.3 is 18.3 Å². The zero-order valence-electron chi connectivity index (χ0n) is 82.7. The fraction of sp³-hybridized carbons (Fsp3) is 0.657. The molecule has 0 aromatic heterocycles. The lowest BCUT2D eigenvalue weighted by molar-refractivity contribution is -0.311. The van der Waals surface area contributed by atoms with Crippen molar-refractivity contribution in [1.29, 1.82) is 0 Å². The lowest BCUT2D eigenvalue weighted by Crippen LogP contribution is -2.66. The molecule has 3 amide bonds. The molecule has 7 saturated heterocycles. The summed E-state index contributed by atoms with van der Waals surface area (Å²) in [7, 11) is 0. The number of ketones is 2. The van der Waals surface area contributed by atoms with E-state index in [4.69, 9.17) is 114 Å². The third-order valence-corrected chi connectivity index (χ3v) is 28.7. The van der Waals surface area contributed by atoms with Crippen molar-refractivity contribution in [3.05, 3.63) is 179 Å². The third kappa shape index (κ3) is 31.2. The second kappa shape index (κ2) is 57.2. The molecule has 7 aliphatic heterocycles. The summed E-state index contributed by atoms with van der Waals surface area (Å²) in [6.07, 6.45) is -43.0. The normalized spacial score (nSPS) is 36.1. The molecule has 5 aromatic rings. The van der Waals surface area contributed by atoms with Crippen LogP contribution in [-0.2, 0) is 117 Å². The van der Waals surface area contributed by atoms with Gasteiger partial charge < -0.3 is 207 Å².